The van der Waals surface area contributed by atoms with Crippen LogP contribution in [0.4, 0.5) is 0 Å². The van der Waals surface area contributed by atoms with Crippen LogP contribution in [0, 0.1) is 11.8 Å². The maximum atomic E-state index is 4.63. The average Bonchev–Trinajstić information content (AvgIpc) is 2.80. The van der Waals surface area contributed by atoms with Gasteiger partial charge in [0.25, 0.3) is 0 Å². The van der Waals surface area contributed by atoms with Crippen molar-refractivity contribution in [3.05, 3.63) is 47.7 Å². The van der Waals surface area contributed by atoms with Gasteiger partial charge in [-0.05, 0) is 86.8 Å². The molecule has 0 radical (unpaired) electrons. The van der Waals surface area contributed by atoms with Gasteiger partial charge in [0, 0.05) is 11.5 Å². The van der Waals surface area contributed by atoms with Crippen LogP contribution >= 0.6 is 0 Å². The topological polar surface area (TPSA) is 25.8 Å². The fraction of sp³-hybridized carbons (Fsp3) is 0.630. The van der Waals surface area contributed by atoms with Gasteiger partial charge < -0.3 is 0 Å². The molecule has 0 spiro atoms. The molecule has 0 amide bonds. The largest absolute Gasteiger partial charge is 0.155 e. The molecule has 29 heavy (non-hydrogen) atoms. The molecule has 2 nitrogen and oxygen atoms in total. The summed E-state index contributed by atoms with van der Waals surface area (Å²) >= 11 is 0. The second-order valence-corrected chi connectivity index (χ2v) is 9.60. The number of rotatable bonds is 6. The Balaban J connectivity index is 1.36. The molecule has 2 heteroatoms. The first kappa shape index (κ1) is 20.6. The Morgan fingerprint density at radius 3 is 1.93 bits per heavy atom. The first-order chi connectivity index (χ1) is 14.3. The summed E-state index contributed by atoms with van der Waals surface area (Å²) in [6, 6.07) is 13.6. The molecule has 1 aromatic carbocycles. The van der Waals surface area contributed by atoms with E-state index in [4.69, 9.17) is 0 Å². The van der Waals surface area contributed by atoms with Crippen molar-refractivity contribution in [3.63, 3.8) is 0 Å². The molecule has 0 aliphatic heterocycles. The van der Waals surface area contributed by atoms with E-state index < -0.39 is 0 Å². The predicted octanol–water partition coefficient (Wildman–Crippen LogP) is 7.90. The molecule has 2 fully saturated rings. The Labute approximate surface area is 177 Å². The maximum Gasteiger partial charge on any atom is 0.0929 e. The minimum absolute atomic E-state index is 0.616. The first-order valence-electron chi connectivity index (χ1n) is 12.2. The van der Waals surface area contributed by atoms with Crippen molar-refractivity contribution < 1.29 is 0 Å². The lowest BCUT2D eigenvalue weighted by molar-refractivity contribution is 0.304. The molecule has 4 rings (SSSR count). The zero-order valence-electron chi connectivity index (χ0n) is 18.4. The van der Waals surface area contributed by atoms with Gasteiger partial charge in [0.2, 0.25) is 0 Å². The van der Waals surface area contributed by atoms with Crippen LogP contribution < -0.4 is 0 Å². The number of aromatic nitrogens is 2. The molecule has 1 heterocycles. The van der Waals surface area contributed by atoms with Gasteiger partial charge in [-0.15, -0.1) is 0 Å². The summed E-state index contributed by atoms with van der Waals surface area (Å²) in [5.41, 5.74) is 4.92. The average molecular weight is 391 g/mol. The van der Waals surface area contributed by atoms with E-state index in [1.807, 2.05) is 0 Å². The number of hydrogen-bond donors (Lipinski definition) is 0. The fourth-order valence-corrected chi connectivity index (χ4v) is 5.70. The van der Waals surface area contributed by atoms with Crippen molar-refractivity contribution in [3.8, 4) is 11.3 Å². The number of hydrogen-bond acceptors (Lipinski definition) is 2. The molecule has 1 aromatic heterocycles. The highest BCUT2D eigenvalue weighted by Crippen LogP contribution is 2.38. The van der Waals surface area contributed by atoms with E-state index >= 15 is 0 Å². The Hall–Kier alpha value is -1.70. The summed E-state index contributed by atoms with van der Waals surface area (Å²) < 4.78 is 0. The molecule has 2 aliphatic carbocycles. The fourth-order valence-electron chi connectivity index (χ4n) is 5.70. The van der Waals surface area contributed by atoms with Gasteiger partial charge >= 0.3 is 0 Å². The second-order valence-electron chi connectivity index (χ2n) is 9.60. The standard InChI is InChI=1S/C27H38N2/c1-3-5-21-8-12-24(13-9-21)26-18-19-27(29-28-26)25-16-14-23(15-17-25)22-10-6-20(4-2)7-11-22/h14-22,24H,3-13H2,1-2H3/t20-,21-,22-,24-. The van der Waals surface area contributed by atoms with E-state index in [9.17, 15) is 0 Å². The molecule has 0 N–H and O–H groups in total. The third-order valence-corrected chi connectivity index (χ3v) is 7.75. The minimum atomic E-state index is 0.616. The summed E-state index contributed by atoms with van der Waals surface area (Å²) in [5.74, 6) is 3.27. The summed E-state index contributed by atoms with van der Waals surface area (Å²) in [6.45, 7) is 4.64. The molecule has 0 bridgehead atoms. The Morgan fingerprint density at radius 2 is 1.34 bits per heavy atom. The zero-order valence-corrected chi connectivity index (χ0v) is 18.4. The summed E-state index contributed by atoms with van der Waals surface area (Å²) in [7, 11) is 0. The van der Waals surface area contributed by atoms with E-state index in [-0.39, 0.29) is 0 Å². The van der Waals surface area contributed by atoms with E-state index in [0.717, 1.165) is 23.4 Å². The smallest absolute Gasteiger partial charge is 0.0929 e. The van der Waals surface area contributed by atoms with Crippen LogP contribution in [0.3, 0.4) is 0 Å². The molecule has 0 atom stereocenters. The monoisotopic (exact) mass is 390 g/mol. The zero-order chi connectivity index (χ0) is 20.1. The maximum absolute atomic E-state index is 4.63. The summed E-state index contributed by atoms with van der Waals surface area (Å²) in [4.78, 5) is 0. The van der Waals surface area contributed by atoms with Crippen LogP contribution in [0.25, 0.3) is 11.3 Å². The highest BCUT2D eigenvalue weighted by atomic mass is 15.1. The van der Waals surface area contributed by atoms with Crippen molar-refractivity contribution in [2.24, 2.45) is 11.8 Å². The van der Waals surface area contributed by atoms with Gasteiger partial charge in [0.05, 0.1) is 11.4 Å². The number of benzene rings is 1. The van der Waals surface area contributed by atoms with Crippen molar-refractivity contribution in [2.45, 2.75) is 96.3 Å². The van der Waals surface area contributed by atoms with Gasteiger partial charge in [-0.1, -0.05) is 57.4 Å². The highest BCUT2D eigenvalue weighted by molar-refractivity contribution is 5.59. The minimum Gasteiger partial charge on any atom is -0.155 e. The Morgan fingerprint density at radius 1 is 0.690 bits per heavy atom. The lowest BCUT2D eigenvalue weighted by atomic mass is 9.78. The molecule has 0 saturated heterocycles. The van der Waals surface area contributed by atoms with Crippen LogP contribution in [-0.4, -0.2) is 10.2 Å². The summed E-state index contributed by atoms with van der Waals surface area (Å²) in [5, 5.41) is 9.22. The molecule has 2 saturated carbocycles. The van der Waals surface area contributed by atoms with Gasteiger partial charge in [-0.2, -0.15) is 10.2 Å². The van der Waals surface area contributed by atoms with Crippen LogP contribution in [0.1, 0.15) is 108 Å². The second kappa shape index (κ2) is 9.87. The molecular formula is C27H38N2. The Bertz CT molecular complexity index is 733. The molecule has 0 unspecified atom stereocenters. The van der Waals surface area contributed by atoms with Gasteiger partial charge in [-0.3, -0.25) is 0 Å². The lowest BCUT2D eigenvalue weighted by Crippen LogP contribution is -2.14. The van der Waals surface area contributed by atoms with Crippen molar-refractivity contribution >= 4 is 0 Å². The lowest BCUT2D eigenvalue weighted by Gasteiger charge is -2.28. The van der Waals surface area contributed by atoms with Crippen LogP contribution in [0.2, 0.25) is 0 Å². The normalized spacial score (nSPS) is 27.7. The molecule has 156 valence electrons. The first-order valence-corrected chi connectivity index (χ1v) is 12.2. The van der Waals surface area contributed by atoms with Gasteiger partial charge in [0.1, 0.15) is 0 Å². The van der Waals surface area contributed by atoms with Crippen LogP contribution in [0.15, 0.2) is 36.4 Å². The van der Waals surface area contributed by atoms with Crippen molar-refractivity contribution in [2.75, 3.05) is 0 Å². The third kappa shape index (κ3) is 5.08. The van der Waals surface area contributed by atoms with E-state index in [0.29, 0.717) is 5.92 Å². The summed E-state index contributed by atoms with van der Waals surface area (Å²) in [6.07, 6.45) is 14.9. The van der Waals surface area contributed by atoms with Crippen molar-refractivity contribution in [1.29, 1.82) is 0 Å². The van der Waals surface area contributed by atoms with Crippen LogP contribution in [-0.2, 0) is 0 Å². The van der Waals surface area contributed by atoms with Crippen LogP contribution in [0.5, 0.6) is 0 Å². The predicted molar refractivity (Wildman–Crippen MR) is 122 cm³/mol. The van der Waals surface area contributed by atoms with Crippen molar-refractivity contribution in [1.82, 2.24) is 10.2 Å². The quantitative estimate of drug-likeness (QED) is 0.501. The highest BCUT2D eigenvalue weighted by Gasteiger charge is 2.23. The van der Waals surface area contributed by atoms with E-state index in [1.165, 1.54) is 87.4 Å². The Kier molecular flexibility index (Phi) is 7.00. The van der Waals surface area contributed by atoms with E-state index in [1.54, 1.807) is 0 Å². The SMILES string of the molecule is CCC[C@H]1CC[C@H](c2ccc(-c3ccc([C@H]4CC[C@H](CC)CC4)cc3)nn2)CC1. The molecule has 2 aromatic rings. The third-order valence-electron chi connectivity index (χ3n) is 7.75. The van der Waals surface area contributed by atoms with E-state index in [2.05, 4.69) is 60.4 Å². The molecular weight excluding hydrogens is 352 g/mol. The number of nitrogens with zero attached hydrogens (tertiary/aromatic N) is 2. The van der Waals surface area contributed by atoms with Gasteiger partial charge in [0.15, 0.2) is 0 Å². The van der Waals surface area contributed by atoms with Gasteiger partial charge in [-0.25, -0.2) is 0 Å². The molecule has 2 aliphatic rings.